The van der Waals surface area contributed by atoms with Gasteiger partial charge in [0.2, 0.25) is 11.8 Å². The van der Waals surface area contributed by atoms with Crippen LogP contribution in [0.2, 0.25) is 0 Å². The number of carbonyl (C=O) groups excluding carboxylic acids is 2. The van der Waals surface area contributed by atoms with Crippen LogP contribution in [-0.4, -0.2) is 18.4 Å². The third kappa shape index (κ3) is 6.30. The molecule has 0 aromatic heterocycles. The van der Waals surface area contributed by atoms with Crippen molar-refractivity contribution in [1.82, 2.24) is 0 Å². The van der Waals surface area contributed by atoms with E-state index >= 15 is 0 Å². The fourth-order valence-electron chi connectivity index (χ4n) is 2.28. The third-order valence-electron chi connectivity index (χ3n) is 3.67. The number of hydrogen-bond donors (Lipinski definition) is 2. The lowest BCUT2D eigenvalue weighted by Gasteiger charge is -2.11. The summed E-state index contributed by atoms with van der Waals surface area (Å²) in [6.45, 7) is 4.20. The van der Waals surface area contributed by atoms with Crippen molar-refractivity contribution in [3.63, 3.8) is 0 Å². The molecular weight excluding hydrogens is 316 g/mol. The van der Waals surface area contributed by atoms with Gasteiger partial charge in [-0.05, 0) is 49.2 Å². The van der Waals surface area contributed by atoms with E-state index in [1.165, 1.54) is 0 Å². The third-order valence-corrected chi connectivity index (χ3v) is 3.67. The van der Waals surface area contributed by atoms with E-state index in [2.05, 4.69) is 10.6 Å². The topological polar surface area (TPSA) is 67.4 Å². The molecule has 0 fully saturated rings. The predicted octanol–water partition coefficient (Wildman–Crippen LogP) is 4.14. The molecule has 0 aliphatic carbocycles. The van der Waals surface area contributed by atoms with Crippen molar-refractivity contribution in [2.24, 2.45) is 0 Å². The monoisotopic (exact) mass is 340 g/mol. The number of ether oxygens (including phenoxy) is 1. The molecule has 0 aliphatic rings. The summed E-state index contributed by atoms with van der Waals surface area (Å²) in [5.41, 5.74) is 2.39. The fraction of sp³-hybridized carbons (Fsp3) is 0.300. The van der Waals surface area contributed by atoms with Crippen LogP contribution in [0.3, 0.4) is 0 Å². The SMILES string of the molecule is CCC(=O)Nc1ccc(NC(=O)CCCOc2ccccc2)c(C)c1. The van der Waals surface area contributed by atoms with Crippen LogP contribution in [0.25, 0.3) is 0 Å². The van der Waals surface area contributed by atoms with Gasteiger partial charge < -0.3 is 15.4 Å². The lowest BCUT2D eigenvalue weighted by molar-refractivity contribution is -0.117. The Morgan fingerprint density at radius 3 is 2.44 bits per heavy atom. The van der Waals surface area contributed by atoms with E-state index in [9.17, 15) is 9.59 Å². The number of aryl methyl sites for hydroxylation is 1. The first-order valence-electron chi connectivity index (χ1n) is 8.46. The lowest BCUT2D eigenvalue weighted by Crippen LogP contribution is -2.14. The number of nitrogens with one attached hydrogen (secondary N) is 2. The zero-order valence-corrected chi connectivity index (χ0v) is 14.7. The van der Waals surface area contributed by atoms with Gasteiger partial charge >= 0.3 is 0 Å². The molecule has 2 aromatic carbocycles. The van der Waals surface area contributed by atoms with Crippen molar-refractivity contribution < 1.29 is 14.3 Å². The van der Waals surface area contributed by atoms with Crippen LogP contribution in [0.15, 0.2) is 48.5 Å². The van der Waals surface area contributed by atoms with Gasteiger partial charge in [0.1, 0.15) is 5.75 Å². The number of carbonyl (C=O) groups is 2. The first-order valence-corrected chi connectivity index (χ1v) is 8.46. The van der Waals surface area contributed by atoms with Gasteiger partial charge in [0.15, 0.2) is 0 Å². The number of amides is 2. The van der Waals surface area contributed by atoms with E-state index in [-0.39, 0.29) is 11.8 Å². The molecule has 132 valence electrons. The summed E-state index contributed by atoms with van der Waals surface area (Å²) < 4.78 is 5.57. The molecule has 0 saturated heterocycles. The summed E-state index contributed by atoms with van der Waals surface area (Å²) in [5.74, 6) is 0.725. The average molecular weight is 340 g/mol. The highest BCUT2D eigenvalue weighted by atomic mass is 16.5. The van der Waals surface area contributed by atoms with Crippen LogP contribution in [-0.2, 0) is 9.59 Å². The van der Waals surface area contributed by atoms with E-state index in [0.29, 0.717) is 25.9 Å². The van der Waals surface area contributed by atoms with Crippen LogP contribution < -0.4 is 15.4 Å². The quantitative estimate of drug-likeness (QED) is 0.710. The molecule has 2 aromatic rings. The first kappa shape index (κ1) is 18.5. The summed E-state index contributed by atoms with van der Waals surface area (Å²) in [6, 6.07) is 15.0. The minimum atomic E-state index is -0.0508. The van der Waals surface area contributed by atoms with E-state index in [0.717, 1.165) is 22.7 Å². The second-order valence-corrected chi connectivity index (χ2v) is 5.74. The zero-order valence-electron chi connectivity index (χ0n) is 14.7. The summed E-state index contributed by atoms with van der Waals surface area (Å²) in [6.07, 6.45) is 1.47. The van der Waals surface area contributed by atoms with Crippen molar-refractivity contribution in [3.05, 3.63) is 54.1 Å². The molecule has 0 bridgehead atoms. The smallest absolute Gasteiger partial charge is 0.224 e. The highest BCUT2D eigenvalue weighted by Gasteiger charge is 2.07. The second-order valence-electron chi connectivity index (χ2n) is 5.74. The van der Waals surface area contributed by atoms with Crippen molar-refractivity contribution in [2.75, 3.05) is 17.2 Å². The number of benzene rings is 2. The first-order chi connectivity index (χ1) is 12.1. The van der Waals surface area contributed by atoms with E-state index in [1.807, 2.05) is 43.3 Å². The average Bonchev–Trinajstić information content (AvgIpc) is 2.62. The summed E-state index contributed by atoms with van der Waals surface area (Å²) in [4.78, 5) is 23.5. The maximum absolute atomic E-state index is 12.0. The molecule has 0 radical (unpaired) electrons. The van der Waals surface area contributed by atoms with Crippen molar-refractivity contribution in [3.8, 4) is 5.75 Å². The number of rotatable bonds is 8. The standard InChI is InChI=1S/C20H24N2O3/c1-3-19(23)21-16-11-12-18(15(2)14-16)22-20(24)10-7-13-25-17-8-5-4-6-9-17/h4-6,8-9,11-12,14H,3,7,10,13H2,1-2H3,(H,21,23)(H,22,24). The van der Waals surface area contributed by atoms with Gasteiger partial charge in [-0.15, -0.1) is 0 Å². The van der Waals surface area contributed by atoms with Crippen LogP contribution in [0.1, 0.15) is 31.7 Å². The minimum Gasteiger partial charge on any atom is -0.494 e. The van der Waals surface area contributed by atoms with Gasteiger partial charge in [-0.2, -0.15) is 0 Å². The van der Waals surface area contributed by atoms with Crippen molar-refractivity contribution in [1.29, 1.82) is 0 Å². The van der Waals surface area contributed by atoms with Crippen LogP contribution in [0.5, 0.6) is 5.75 Å². The zero-order chi connectivity index (χ0) is 18.1. The van der Waals surface area contributed by atoms with Gasteiger partial charge in [-0.3, -0.25) is 9.59 Å². The molecule has 2 N–H and O–H groups in total. The van der Waals surface area contributed by atoms with Crippen LogP contribution >= 0.6 is 0 Å². The van der Waals surface area contributed by atoms with Gasteiger partial charge in [0, 0.05) is 24.2 Å². The van der Waals surface area contributed by atoms with Crippen molar-refractivity contribution in [2.45, 2.75) is 33.1 Å². The van der Waals surface area contributed by atoms with Crippen LogP contribution in [0, 0.1) is 6.92 Å². The van der Waals surface area contributed by atoms with Crippen molar-refractivity contribution >= 4 is 23.2 Å². The summed E-state index contributed by atoms with van der Waals surface area (Å²) in [5, 5.41) is 5.70. The second kappa shape index (κ2) is 9.47. The maximum Gasteiger partial charge on any atom is 0.224 e. The van der Waals surface area contributed by atoms with E-state index in [1.54, 1.807) is 19.1 Å². The Bertz CT molecular complexity index is 714. The highest BCUT2D eigenvalue weighted by Crippen LogP contribution is 2.20. The molecule has 0 saturated carbocycles. The Hall–Kier alpha value is -2.82. The maximum atomic E-state index is 12.0. The van der Waals surface area contributed by atoms with Gasteiger partial charge in [0.25, 0.3) is 0 Å². The number of para-hydroxylation sites is 1. The Morgan fingerprint density at radius 1 is 1.00 bits per heavy atom. The molecule has 0 spiro atoms. The molecule has 5 nitrogen and oxygen atoms in total. The summed E-state index contributed by atoms with van der Waals surface area (Å²) >= 11 is 0. The molecule has 2 rings (SSSR count). The number of anilines is 2. The van der Waals surface area contributed by atoms with Gasteiger partial charge in [0.05, 0.1) is 6.61 Å². The summed E-state index contributed by atoms with van der Waals surface area (Å²) in [7, 11) is 0. The normalized spacial score (nSPS) is 10.2. The van der Waals surface area contributed by atoms with Crippen LogP contribution in [0.4, 0.5) is 11.4 Å². The highest BCUT2D eigenvalue weighted by molar-refractivity contribution is 5.93. The Balaban J connectivity index is 1.77. The van der Waals surface area contributed by atoms with Gasteiger partial charge in [-0.25, -0.2) is 0 Å². The molecule has 25 heavy (non-hydrogen) atoms. The molecule has 0 atom stereocenters. The molecule has 2 amide bonds. The Labute approximate surface area is 148 Å². The largest absolute Gasteiger partial charge is 0.494 e. The van der Waals surface area contributed by atoms with Gasteiger partial charge in [-0.1, -0.05) is 25.1 Å². The van der Waals surface area contributed by atoms with E-state index < -0.39 is 0 Å². The molecule has 0 unspecified atom stereocenters. The van der Waals surface area contributed by atoms with E-state index in [4.69, 9.17) is 4.74 Å². The minimum absolute atomic E-state index is 0.0328. The predicted molar refractivity (Wildman–Crippen MR) is 99.9 cm³/mol. The molecule has 0 heterocycles. The fourth-order valence-corrected chi connectivity index (χ4v) is 2.28. The molecule has 5 heteroatoms. The molecule has 0 aliphatic heterocycles. The Morgan fingerprint density at radius 2 is 1.76 bits per heavy atom. The Kier molecular flexibility index (Phi) is 7.01. The number of hydrogen-bond acceptors (Lipinski definition) is 3. The lowest BCUT2D eigenvalue weighted by atomic mass is 10.1. The molecular formula is C20H24N2O3.